The number of hydrogen-bond donors (Lipinski definition) is 1. The number of fused-ring (bicyclic) bond motifs is 1. The Hall–Kier alpha value is -1.30. The van der Waals surface area contributed by atoms with E-state index in [1.54, 1.807) is 0 Å². The Morgan fingerprint density at radius 2 is 2.10 bits per heavy atom. The molecule has 0 radical (unpaired) electrons. The van der Waals surface area contributed by atoms with Crippen molar-refractivity contribution < 1.29 is 4.79 Å². The fraction of sp³-hybridized carbons (Fsp3) is 0.429. The minimum Gasteiger partial charge on any atom is -0.340 e. The largest absolute Gasteiger partial charge is 0.340 e. The number of para-hydroxylation sites is 2. The van der Waals surface area contributed by atoms with Crippen LogP contribution in [-0.4, -0.2) is 39.5 Å². The number of carbonyl (C=O) groups is 1. The Labute approximate surface area is 136 Å². The van der Waals surface area contributed by atoms with Crippen LogP contribution in [0.1, 0.15) is 12.2 Å². The van der Waals surface area contributed by atoms with Crippen molar-refractivity contribution in [1.29, 1.82) is 0 Å². The normalized spacial score (nSPS) is 17.4. The zero-order valence-electron chi connectivity index (χ0n) is 11.9. The molecule has 1 aliphatic heterocycles. The molecular formula is C14H20Cl2N4O. The zero-order valence-corrected chi connectivity index (χ0v) is 13.5. The van der Waals surface area contributed by atoms with Gasteiger partial charge in [-0.1, -0.05) is 12.1 Å². The van der Waals surface area contributed by atoms with E-state index >= 15 is 0 Å². The summed E-state index contributed by atoms with van der Waals surface area (Å²) in [5, 5.41) is 0. The molecule has 1 amide bonds. The minimum absolute atomic E-state index is 0. The van der Waals surface area contributed by atoms with Crippen LogP contribution in [0.3, 0.4) is 0 Å². The second-order valence-corrected chi connectivity index (χ2v) is 5.12. The van der Waals surface area contributed by atoms with Gasteiger partial charge in [-0.25, -0.2) is 4.98 Å². The van der Waals surface area contributed by atoms with Crippen molar-refractivity contribution >= 4 is 41.8 Å². The fourth-order valence-corrected chi connectivity index (χ4v) is 2.64. The number of imidazole rings is 1. The summed E-state index contributed by atoms with van der Waals surface area (Å²) in [6.07, 6.45) is 0.898. The van der Waals surface area contributed by atoms with Gasteiger partial charge in [-0.05, 0) is 25.5 Å². The number of rotatable bonds is 2. The number of likely N-dealkylation sites (tertiary alicyclic amines) is 1. The first kappa shape index (κ1) is 17.8. The highest BCUT2D eigenvalue weighted by Crippen LogP contribution is 2.16. The lowest BCUT2D eigenvalue weighted by Crippen LogP contribution is -2.34. The Morgan fingerprint density at radius 3 is 2.76 bits per heavy atom. The van der Waals surface area contributed by atoms with Gasteiger partial charge < -0.3 is 15.2 Å². The standard InChI is InChI=1S/C14H18N4O.2ClH/c1-10-16-12-4-2-3-5-13(12)18(10)9-14(19)17-7-6-11(15)8-17;;/h2-5,11H,6-9,15H2,1H3;2*1H/t11-;;/m1../s1. The predicted molar refractivity (Wildman–Crippen MR) is 88.1 cm³/mol. The van der Waals surface area contributed by atoms with Gasteiger partial charge in [-0.3, -0.25) is 4.79 Å². The Bertz CT molecular complexity index is 628. The molecule has 1 aromatic heterocycles. The zero-order chi connectivity index (χ0) is 13.4. The first-order chi connectivity index (χ1) is 9.15. The van der Waals surface area contributed by atoms with E-state index in [9.17, 15) is 4.79 Å². The van der Waals surface area contributed by atoms with Gasteiger partial charge in [0, 0.05) is 19.1 Å². The lowest BCUT2D eigenvalue weighted by molar-refractivity contribution is -0.130. The van der Waals surface area contributed by atoms with Gasteiger partial charge in [-0.15, -0.1) is 24.8 Å². The number of aromatic nitrogens is 2. The van der Waals surface area contributed by atoms with E-state index in [1.807, 2.05) is 40.7 Å². The molecule has 116 valence electrons. The molecule has 0 bridgehead atoms. The lowest BCUT2D eigenvalue weighted by atomic mass is 10.3. The van der Waals surface area contributed by atoms with Crippen LogP contribution < -0.4 is 5.73 Å². The Kier molecular flexibility index (Phi) is 6.01. The first-order valence-electron chi connectivity index (χ1n) is 6.60. The first-order valence-corrected chi connectivity index (χ1v) is 6.60. The average Bonchev–Trinajstić information content (AvgIpc) is 2.95. The molecule has 5 nitrogen and oxygen atoms in total. The maximum Gasteiger partial charge on any atom is 0.242 e. The van der Waals surface area contributed by atoms with E-state index in [1.165, 1.54) is 0 Å². The summed E-state index contributed by atoms with van der Waals surface area (Å²) >= 11 is 0. The molecular weight excluding hydrogens is 311 g/mol. The predicted octanol–water partition coefficient (Wildman–Crippen LogP) is 1.75. The average molecular weight is 331 g/mol. The second kappa shape index (κ2) is 7.11. The van der Waals surface area contributed by atoms with Crippen molar-refractivity contribution in [1.82, 2.24) is 14.5 Å². The molecule has 1 aromatic carbocycles. The van der Waals surface area contributed by atoms with Crippen molar-refractivity contribution in [3.8, 4) is 0 Å². The lowest BCUT2D eigenvalue weighted by Gasteiger charge is -2.17. The van der Waals surface area contributed by atoms with Crippen LogP contribution in [-0.2, 0) is 11.3 Å². The van der Waals surface area contributed by atoms with E-state index in [4.69, 9.17) is 5.73 Å². The van der Waals surface area contributed by atoms with Gasteiger partial charge in [0.05, 0.1) is 11.0 Å². The summed E-state index contributed by atoms with van der Waals surface area (Å²) in [4.78, 5) is 18.6. The third kappa shape index (κ3) is 3.48. The highest BCUT2D eigenvalue weighted by Gasteiger charge is 2.24. The van der Waals surface area contributed by atoms with Crippen LogP contribution in [0.5, 0.6) is 0 Å². The number of carbonyl (C=O) groups excluding carboxylic acids is 1. The molecule has 1 atom stereocenters. The topological polar surface area (TPSA) is 64.2 Å². The Balaban J connectivity index is 0.00000110. The van der Waals surface area contributed by atoms with E-state index in [0.717, 1.165) is 29.8 Å². The summed E-state index contributed by atoms with van der Waals surface area (Å²) in [7, 11) is 0. The number of hydrogen-bond acceptors (Lipinski definition) is 3. The second-order valence-electron chi connectivity index (χ2n) is 5.12. The van der Waals surface area contributed by atoms with E-state index < -0.39 is 0 Å². The molecule has 0 unspecified atom stereocenters. The van der Waals surface area contributed by atoms with Crippen molar-refractivity contribution in [3.05, 3.63) is 30.1 Å². The molecule has 1 aliphatic rings. The summed E-state index contributed by atoms with van der Waals surface area (Å²) in [6.45, 7) is 3.72. The summed E-state index contributed by atoms with van der Waals surface area (Å²) in [5.74, 6) is 0.997. The number of amides is 1. The molecule has 0 saturated carbocycles. The molecule has 3 rings (SSSR count). The quantitative estimate of drug-likeness (QED) is 0.912. The monoisotopic (exact) mass is 330 g/mol. The summed E-state index contributed by atoms with van der Waals surface area (Å²) < 4.78 is 1.97. The third-order valence-electron chi connectivity index (χ3n) is 3.72. The molecule has 0 aliphatic carbocycles. The van der Waals surface area contributed by atoms with Gasteiger partial charge in [0.1, 0.15) is 12.4 Å². The van der Waals surface area contributed by atoms with Crippen molar-refractivity contribution in [3.63, 3.8) is 0 Å². The van der Waals surface area contributed by atoms with Gasteiger partial charge in [0.2, 0.25) is 5.91 Å². The van der Waals surface area contributed by atoms with Crippen LogP contribution in [0.15, 0.2) is 24.3 Å². The van der Waals surface area contributed by atoms with Crippen molar-refractivity contribution in [2.45, 2.75) is 25.9 Å². The molecule has 0 spiro atoms. The maximum absolute atomic E-state index is 12.3. The SMILES string of the molecule is Cc1nc2ccccc2n1CC(=O)N1CC[C@@H](N)C1.Cl.Cl. The van der Waals surface area contributed by atoms with Crippen LogP contribution in [0, 0.1) is 6.92 Å². The Morgan fingerprint density at radius 1 is 1.38 bits per heavy atom. The fourth-order valence-electron chi connectivity index (χ4n) is 2.64. The maximum atomic E-state index is 12.3. The van der Waals surface area contributed by atoms with E-state index in [0.29, 0.717) is 13.1 Å². The number of benzene rings is 1. The van der Waals surface area contributed by atoms with Crippen LogP contribution in [0.2, 0.25) is 0 Å². The highest BCUT2D eigenvalue weighted by molar-refractivity contribution is 5.85. The molecule has 21 heavy (non-hydrogen) atoms. The van der Waals surface area contributed by atoms with E-state index in [-0.39, 0.29) is 36.8 Å². The van der Waals surface area contributed by atoms with E-state index in [2.05, 4.69) is 4.98 Å². The van der Waals surface area contributed by atoms with Crippen LogP contribution in [0.4, 0.5) is 0 Å². The van der Waals surface area contributed by atoms with Gasteiger partial charge in [0.15, 0.2) is 0 Å². The molecule has 7 heteroatoms. The number of nitrogens with two attached hydrogens (primary N) is 1. The third-order valence-corrected chi connectivity index (χ3v) is 3.72. The smallest absolute Gasteiger partial charge is 0.242 e. The summed E-state index contributed by atoms with van der Waals surface area (Å²) in [6, 6.07) is 8.02. The number of nitrogens with zero attached hydrogens (tertiary/aromatic N) is 3. The van der Waals surface area contributed by atoms with Crippen LogP contribution >= 0.6 is 24.8 Å². The highest BCUT2D eigenvalue weighted by atomic mass is 35.5. The van der Waals surface area contributed by atoms with Gasteiger partial charge in [0.25, 0.3) is 0 Å². The van der Waals surface area contributed by atoms with Crippen molar-refractivity contribution in [2.24, 2.45) is 5.73 Å². The minimum atomic E-state index is 0. The molecule has 1 fully saturated rings. The van der Waals surface area contributed by atoms with Crippen LogP contribution in [0.25, 0.3) is 11.0 Å². The van der Waals surface area contributed by atoms with Crippen molar-refractivity contribution in [2.75, 3.05) is 13.1 Å². The van der Waals surface area contributed by atoms with Gasteiger partial charge in [-0.2, -0.15) is 0 Å². The number of aryl methyl sites for hydroxylation is 1. The molecule has 2 N–H and O–H groups in total. The molecule has 2 heterocycles. The van der Waals surface area contributed by atoms with Gasteiger partial charge >= 0.3 is 0 Å². The molecule has 2 aromatic rings. The number of halogens is 2. The molecule has 1 saturated heterocycles. The summed E-state index contributed by atoms with van der Waals surface area (Å²) in [5.41, 5.74) is 7.79.